The first-order valence-electron chi connectivity index (χ1n) is 9.98. The summed E-state index contributed by atoms with van der Waals surface area (Å²) in [6.45, 7) is 1.99. The highest BCUT2D eigenvalue weighted by molar-refractivity contribution is 5.85. The minimum atomic E-state index is -0.443. The number of aliphatic hydroxyl groups is 1. The lowest BCUT2D eigenvalue weighted by Gasteiger charge is -2.36. The van der Waals surface area contributed by atoms with Gasteiger partial charge < -0.3 is 15.7 Å². The minimum absolute atomic E-state index is 0. The fourth-order valence-corrected chi connectivity index (χ4v) is 4.70. The Balaban J connectivity index is 0.00000225. The minimum Gasteiger partial charge on any atom is -0.391 e. The van der Waals surface area contributed by atoms with Crippen molar-refractivity contribution in [3.63, 3.8) is 0 Å². The molecule has 0 bridgehead atoms. The molecule has 4 rings (SSSR count). The van der Waals surface area contributed by atoms with E-state index >= 15 is 0 Å². The van der Waals surface area contributed by atoms with E-state index in [1.165, 1.54) is 0 Å². The van der Waals surface area contributed by atoms with Crippen LogP contribution in [0.5, 0.6) is 0 Å². The van der Waals surface area contributed by atoms with Crippen LogP contribution in [0.15, 0.2) is 60.7 Å². The molecule has 0 radical (unpaired) electrons. The predicted octanol–water partition coefficient (Wildman–Crippen LogP) is 3.11. The van der Waals surface area contributed by atoms with Gasteiger partial charge in [-0.3, -0.25) is 4.79 Å². The zero-order valence-corrected chi connectivity index (χ0v) is 16.8. The van der Waals surface area contributed by atoms with Crippen molar-refractivity contribution >= 4 is 18.3 Å². The van der Waals surface area contributed by atoms with Crippen LogP contribution in [0.3, 0.4) is 0 Å². The van der Waals surface area contributed by atoms with Crippen molar-refractivity contribution in [2.45, 2.75) is 37.3 Å². The Morgan fingerprint density at radius 3 is 2.07 bits per heavy atom. The maximum Gasteiger partial charge on any atom is 0.221 e. The van der Waals surface area contributed by atoms with Crippen LogP contribution in [0.25, 0.3) is 0 Å². The van der Waals surface area contributed by atoms with E-state index in [0.29, 0.717) is 18.3 Å². The van der Waals surface area contributed by atoms with Gasteiger partial charge in [0.25, 0.3) is 0 Å². The first-order valence-corrected chi connectivity index (χ1v) is 9.98. The summed E-state index contributed by atoms with van der Waals surface area (Å²) in [7, 11) is 0. The third-order valence-corrected chi connectivity index (χ3v) is 6.18. The topological polar surface area (TPSA) is 61.4 Å². The number of hydrogen-bond acceptors (Lipinski definition) is 3. The molecule has 2 aromatic rings. The Bertz CT molecular complexity index is 716. The number of carbonyl (C=O) groups excluding carboxylic acids is 1. The maximum atomic E-state index is 12.9. The molecule has 1 aliphatic heterocycles. The molecule has 1 aliphatic carbocycles. The first-order chi connectivity index (χ1) is 13.2. The molecule has 1 heterocycles. The molecule has 1 saturated heterocycles. The van der Waals surface area contributed by atoms with Gasteiger partial charge in [0, 0.05) is 12.3 Å². The molecule has 1 saturated carbocycles. The number of aliphatic hydroxyl groups excluding tert-OH is 1. The molecule has 28 heavy (non-hydrogen) atoms. The quantitative estimate of drug-likeness (QED) is 0.722. The number of nitrogens with one attached hydrogen (secondary N) is 2. The summed E-state index contributed by atoms with van der Waals surface area (Å²) in [6.07, 6.45) is 1.60. The molecule has 4 nitrogen and oxygen atoms in total. The van der Waals surface area contributed by atoms with E-state index in [9.17, 15) is 9.90 Å². The number of halogens is 1. The van der Waals surface area contributed by atoms with Crippen molar-refractivity contribution in [2.24, 2.45) is 11.8 Å². The summed E-state index contributed by atoms with van der Waals surface area (Å²) in [6, 6.07) is 20.2. The SMILES string of the molecule is Cl.O=C(CC(c1ccccc1)c1ccccc1)N[C@H]1C[C@H]2CNC[C@H]2C[C@@H]1O. The standard InChI is InChI=1S/C23H28N2O2.ClH/c26-22-12-19-15-24-14-18(19)11-21(22)25-23(27)13-20(16-7-3-1-4-8-16)17-9-5-2-6-10-17;/h1-10,18-22,24,26H,11-15H2,(H,25,27);1H/t18-,19+,21-,22-;/m0./s1. The van der Waals surface area contributed by atoms with Crippen LogP contribution < -0.4 is 10.6 Å². The van der Waals surface area contributed by atoms with Gasteiger partial charge >= 0.3 is 0 Å². The highest BCUT2D eigenvalue weighted by Crippen LogP contribution is 2.33. The van der Waals surface area contributed by atoms with E-state index in [4.69, 9.17) is 0 Å². The number of carbonyl (C=O) groups is 1. The summed E-state index contributed by atoms with van der Waals surface area (Å²) < 4.78 is 0. The van der Waals surface area contributed by atoms with Gasteiger partial charge in [0.2, 0.25) is 5.91 Å². The van der Waals surface area contributed by atoms with E-state index in [-0.39, 0.29) is 30.3 Å². The van der Waals surface area contributed by atoms with Gasteiger partial charge in [0.05, 0.1) is 12.1 Å². The zero-order valence-electron chi connectivity index (χ0n) is 16.0. The lowest BCUT2D eigenvalue weighted by Crippen LogP contribution is -2.49. The van der Waals surface area contributed by atoms with Crippen molar-refractivity contribution in [1.82, 2.24) is 10.6 Å². The Kier molecular flexibility index (Phi) is 7.11. The predicted molar refractivity (Wildman–Crippen MR) is 114 cm³/mol. The Labute approximate surface area is 173 Å². The number of hydrogen-bond donors (Lipinski definition) is 3. The van der Waals surface area contributed by atoms with Crippen molar-refractivity contribution in [2.75, 3.05) is 13.1 Å². The van der Waals surface area contributed by atoms with Crippen molar-refractivity contribution in [1.29, 1.82) is 0 Å². The lowest BCUT2D eigenvalue weighted by atomic mass is 9.77. The van der Waals surface area contributed by atoms with Crippen molar-refractivity contribution in [3.8, 4) is 0 Å². The molecule has 4 atom stereocenters. The molecule has 0 aromatic heterocycles. The van der Waals surface area contributed by atoms with Crippen LogP contribution in [0.2, 0.25) is 0 Å². The largest absolute Gasteiger partial charge is 0.391 e. The van der Waals surface area contributed by atoms with Crippen LogP contribution in [-0.4, -0.2) is 36.2 Å². The highest BCUT2D eigenvalue weighted by atomic mass is 35.5. The number of benzene rings is 2. The molecule has 0 spiro atoms. The maximum absolute atomic E-state index is 12.9. The third-order valence-electron chi connectivity index (χ3n) is 6.18. The summed E-state index contributed by atoms with van der Waals surface area (Å²) in [4.78, 5) is 12.9. The van der Waals surface area contributed by atoms with Gasteiger partial charge in [0.15, 0.2) is 0 Å². The zero-order chi connectivity index (χ0) is 18.6. The molecule has 2 aliphatic rings. The second kappa shape index (κ2) is 9.55. The Hall–Kier alpha value is -1.88. The van der Waals surface area contributed by atoms with E-state index in [1.54, 1.807) is 0 Å². The van der Waals surface area contributed by atoms with E-state index in [0.717, 1.165) is 37.1 Å². The average molecular weight is 401 g/mol. The molecule has 2 aromatic carbocycles. The van der Waals surface area contributed by atoms with Gasteiger partial charge in [-0.25, -0.2) is 0 Å². The van der Waals surface area contributed by atoms with Crippen LogP contribution >= 0.6 is 12.4 Å². The molecule has 2 fully saturated rings. The Morgan fingerprint density at radius 1 is 0.964 bits per heavy atom. The normalized spacial score (nSPS) is 26.4. The van der Waals surface area contributed by atoms with Gasteiger partial charge in [-0.05, 0) is 48.9 Å². The molecular weight excluding hydrogens is 372 g/mol. The number of rotatable bonds is 5. The monoisotopic (exact) mass is 400 g/mol. The second-order valence-corrected chi connectivity index (χ2v) is 7.97. The second-order valence-electron chi connectivity index (χ2n) is 7.97. The molecule has 3 N–H and O–H groups in total. The summed E-state index contributed by atoms with van der Waals surface area (Å²) in [5, 5.41) is 17.0. The van der Waals surface area contributed by atoms with Gasteiger partial charge in [0.1, 0.15) is 0 Å². The van der Waals surface area contributed by atoms with E-state index in [2.05, 4.69) is 34.9 Å². The van der Waals surface area contributed by atoms with Crippen LogP contribution in [0.4, 0.5) is 0 Å². The summed E-state index contributed by atoms with van der Waals surface area (Å²) >= 11 is 0. The smallest absolute Gasteiger partial charge is 0.221 e. The Morgan fingerprint density at radius 2 is 1.50 bits per heavy atom. The molecule has 0 unspecified atom stereocenters. The summed E-state index contributed by atoms with van der Waals surface area (Å²) in [5.41, 5.74) is 2.28. The van der Waals surface area contributed by atoms with Crippen LogP contribution in [0, 0.1) is 11.8 Å². The van der Waals surface area contributed by atoms with Crippen molar-refractivity contribution < 1.29 is 9.90 Å². The summed E-state index contributed by atoms with van der Waals surface area (Å²) in [5.74, 6) is 1.16. The molecular formula is C23H29ClN2O2. The fraction of sp³-hybridized carbons (Fsp3) is 0.435. The van der Waals surface area contributed by atoms with E-state index in [1.807, 2.05) is 36.4 Å². The van der Waals surface area contributed by atoms with Crippen LogP contribution in [-0.2, 0) is 4.79 Å². The molecule has 1 amide bonds. The van der Waals surface area contributed by atoms with E-state index < -0.39 is 6.10 Å². The fourth-order valence-electron chi connectivity index (χ4n) is 4.70. The van der Waals surface area contributed by atoms with Crippen molar-refractivity contribution in [3.05, 3.63) is 71.8 Å². The van der Waals surface area contributed by atoms with Gasteiger partial charge in [-0.2, -0.15) is 0 Å². The first kappa shape index (κ1) is 20.8. The number of amides is 1. The van der Waals surface area contributed by atoms with Gasteiger partial charge in [-0.15, -0.1) is 12.4 Å². The molecule has 5 heteroatoms. The average Bonchev–Trinajstić information content (AvgIpc) is 3.15. The highest BCUT2D eigenvalue weighted by Gasteiger charge is 2.39. The third kappa shape index (κ3) is 4.75. The molecule has 150 valence electrons. The van der Waals surface area contributed by atoms with Crippen LogP contribution in [0.1, 0.15) is 36.3 Å². The number of fused-ring (bicyclic) bond motifs is 1. The lowest BCUT2D eigenvalue weighted by molar-refractivity contribution is -0.123. The van der Waals surface area contributed by atoms with Gasteiger partial charge in [-0.1, -0.05) is 60.7 Å².